The van der Waals surface area contributed by atoms with Gasteiger partial charge in [0, 0.05) is 31.4 Å². The van der Waals surface area contributed by atoms with Crippen molar-refractivity contribution in [2.75, 3.05) is 37.7 Å². The van der Waals surface area contributed by atoms with E-state index in [1.165, 1.54) is 25.3 Å². The van der Waals surface area contributed by atoms with Crippen LogP contribution < -0.4 is 4.90 Å². The largest absolute Gasteiger partial charge is 0.379 e. The fourth-order valence-corrected chi connectivity index (χ4v) is 4.02. The van der Waals surface area contributed by atoms with Crippen molar-refractivity contribution in [1.82, 2.24) is 9.88 Å². The van der Waals surface area contributed by atoms with E-state index < -0.39 is 0 Å². The van der Waals surface area contributed by atoms with Gasteiger partial charge >= 0.3 is 0 Å². The normalized spacial score (nSPS) is 22.3. The highest BCUT2D eigenvalue weighted by Gasteiger charge is 2.30. The van der Waals surface area contributed by atoms with Gasteiger partial charge in [-0.25, -0.2) is 4.39 Å². The van der Waals surface area contributed by atoms with E-state index >= 15 is 0 Å². The van der Waals surface area contributed by atoms with Gasteiger partial charge in [0.15, 0.2) is 0 Å². The summed E-state index contributed by atoms with van der Waals surface area (Å²) in [5.74, 6) is 0.733. The zero-order chi connectivity index (χ0) is 17.2. The lowest BCUT2D eigenvalue weighted by atomic mass is 10.1. The Hall–Kier alpha value is -1.56. The molecule has 3 heterocycles. The van der Waals surface area contributed by atoms with Crippen LogP contribution in [0, 0.1) is 5.82 Å². The molecular formula is C19H23ClFN3O. The molecule has 25 heavy (non-hydrogen) atoms. The molecule has 0 amide bonds. The standard InChI is InChI=1S/C19H23ClFN3O/c20-16-11-14(4-5-17(16)21)15-12-18(22-13-15)24-6-2-1-3-19(24)23-7-9-25-10-8-23/h4-5,11-13,19,22H,1-3,6-10H2. The van der Waals surface area contributed by atoms with Crippen LogP contribution in [0.15, 0.2) is 30.5 Å². The molecule has 0 aliphatic carbocycles. The van der Waals surface area contributed by atoms with Gasteiger partial charge in [0.1, 0.15) is 11.6 Å². The molecule has 2 saturated heterocycles. The maximum Gasteiger partial charge on any atom is 0.141 e. The Morgan fingerprint density at radius 2 is 1.92 bits per heavy atom. The number of aromatic amines is 1. The Labute approximate surface area is 152 Å². The first-order chi connectivity index (χ1) is 12.2. The summed E-state index contributed by atoms with van der Waals surface area (Å²) in [7, 11) is 0. The van der Waals surface area contributed by atoms with E-state index in [0.717, 1.165) is 49.8 Å². The molecule has 4 rings (SSSR count). The van der Waals surface area contributed by atoms with Crippen molar-refractivity contribution in [1.29, 1.82) is 0 Å². The molecule has 1 aromatic heterocycles. The summed E-state index contributed by atoms with van der Waals surface area (Å²) in [5.41, 5.74) is 1.96. The van der Waals surface area contributed by atoms with Crippen LogP contribution in [0.2, 0.25) is 5.02 Å². The van der Waals surface area contributed by atoms with E-state index in [2.05, 4.69) is 20.9 Å². The molecule has 2 aromatic rings. The van der Waals surface area contributed by atoms with Crippen molar-refractivity contribution in [3.63, 3.8) is 0 Å². The first-order valence-electron chi connectivity index (χ1n) is 8.94. The van der Waals surface area contributed by atoms with Crippen LogP contribution in [0.1, 0.15) is 19.3 Å². The van der Waals surface area contributed by atoms with Crippen LogP contribution in [0.4, 0.5) is 10.2 Å². The molecule has 0 radical (unpaired) electrons. The highest BCUT2D eigenvalue weighted by atomic mass is 35.5. The summed E-state index contributed by atoms with van der Waals surface area (Å²) < 4.78 is 18.9. The summed E-state index contributed by atoms with van der Waals surface area (Å²) in [6.45, 7) is 4.65. The van der Waals surface area contributed by atoms with Crippen molar-refractivity contribution in [2.45, 2.75) is 25.4 Å². The maximum absolute atomic E-state index is 13.4. The molecule has 134 valence electrons. The predicted molar refractivity (Wildman–Crippen MR) is 98.6 cm³/mol. The van der Waals surface area contributed by atoms with Gasteiger partial charge in [0.25, 0.3) is 0 Å². The van der Waals surface area contributed by atoms with E-state index in [1.54, 1.807) is 12.1 Å². The zero-order valence-electron chi connectivity index (χ0n) is 14.2. The summed E-state index contributed by atoms with van der Waals surface area (Å²) >= 11 is 5.93. The predicted octanol–water partition coefficient (Wildman–Crippen LogP) is 4.12. The number of rotatable bonds is 3. The van der Waals surface area contributed by atoms with Gasteiger partial charge in [0.2, 0.25) is 0 Å². The maximum atomic E-state index is 13.4. The minimum Gasteiger partial charge on any atom is -0.379 e. The third-order valence-electron chi connectivity index (χ3n) is 5.17. The Morgan fingerprint density at radius 3 is 2.72 bits per heavy atom. The molecule has 4 nitrogen and oxygen atoms in total. The Morgan fingerprint density at radius 1 is 1.08 bits per heavy atom. The quantitative estimate of drug-likeness (QED) is 0.890. The Bertz CT molecular complexity index is 729. The summed E-state index contributed by atoms with van der Waals surface area (Å²) in [6, 6.07) is 7.01. The van der Waals surface area contributed by atoms with Gasteiger partial charge < -0.3 is 14.6 Å². The van der Waals surface area contributed by atoms with Gasteiger partial charge in [-0.2, -0.15) is 0 Å². The van der Waals surface area contributed by atoms with Crippen LogP contribution >= 0.6 is 11.6 Å². The number of ether oxygens (including phenoxy) is 1. The van der Waals surface area contributed by atoms with E-state index in [0.29, 0.717) is 6.17 Å². The number of H-pyrrole nitrogens is 1. The first kappa shape index (κ1) is 16.9. The molecular weight excluding hydrogens is 341 g/mol. The smallest absolute Gasteiger partial charge is 0.141 e. The molecule has 0 bridgehead atoms. The molecule has 2 aliphatic rings. The average molecular weight is 364 g/mol. The van der Waals surface area contributed by atoms with Crippen molar-refractivity contribution in [3.8, 4) is 11.1 Å². The minimum atomic E-state index is -0.385. The van der Waals surface area contributed by atoms with E-state index in [-0.39, 0.29) is 10.8 Å². The average Bonchev–Trinajstić information content (AvgIpc) is 3.15. The highest BCUT2D eigenvalue weighted by Crippen LogP contribution is 2.31. The van der Waals surface area contributed by atoms with E-state index in [4.69, 9.17) is 16.3 Å². The van der Waals surface area contributed by atoms with E-state index in [9.17, 15) is 4.39 Å². The SMILES string of the molecule is Fc1ccc(-c2c[nH]c(N3CCCCC3N3CCOCC3)c2)cc1Cl. The molecule has 0 spiro atoms. The van der Waals surface area contributed by atoms with Gasteiger partial charge in [-0.3, -0.25) is 4.90 Å². The first-order valence-corrected chi connectivity index (χ1v) is 9.32. The number of hydrogen-bond donors (Lipinski definition) is 1. The lowest BCUT2D eigenvalue weighted by Gasteiger charge is -2.44. The van der Waals surface area contributed by atoms with Crippen molar-refractivity contribution in [3.05, 3.63) is 41.3 Å². The molecule has 1 N–H and O–H groups in total. The Balaban J connectivity index is 1.57. The number of aromatic nitrogens is 1. The number of benzene rings is 1. The van der Waals surface area contributed by atoms with Crippen LogP contribution in [0.3, 0.4) is 0 Å². The molecule has 1 aromatic carbocycles. The molecule has 6 heteroatoms. The molecule has 0 saturated carbocycles. The van der Waals surface area contributed by atoms with Gasteiger partial charge in [0.05, 0.1) is 24.4 Å². The number of piperidine rings is 1. The molecule has 1 atom stereocenters. The molecule has 1 unspecified atom stereocenters. The second-order valence-electron chi connectivity index (χ2n) is 6.72. The third-order valence-corrected chi connectivity index (χ3v) is 5.46. The van der Waals surface area contributed by atoms with Crippen LogP contribution in [-0.2, 0) is 4.74 Å². The van der Waals surface area contributed by atoms with E-state index in [1.807, 2.05) is 6.20 Å². The monoisotopic (exact) mass is 363 g/mol. The fraction of sp³-hybridized carbons (Fsp3) is 0.474. The van der Waals surface area contributed by atoms with Gasteiger partial charge in [-0.15, -0.1) is 0 Å². The number of halogens is 2. The molecule has 2 fully saturated rings. The number of nitrogens with one attached hydrogen (secondary N) is 1. The van der Waals surface area contributed by atoms with Crippen LogP contribution in [0.25, 0.3) is 11.1 Å². The highest BCUT2D eigenvalue weighted by molar-refractivity contribution is 6.31. The number of anilines is 1. The van der Waals surface area contributed by atoms with Crippen LogP contribution in [-0.4, -0.2) is 48.9 Å². The topological polar surface area (TPSA) is 31.5 Å². The van der Waals surface area contributed by atoms with Crippen molar-refractivity contribution < 1.29 is 9.13 Å². The number of morpholine rings is 1. The summed E-state index contributed by atoms with van der Waals surface area (Å²) in [4.78, 5) is 8.40. The van der Waals surface area contributed by atoms with Crippen molar-refractivity contribution in [2.24, 2.45) is 0 Å². The van der Waals surface area contributed by atoms with Crippen molar-refractivity contribution >= 4 is 17.4 Å². The van der Waals surface area contributed by atoms with Gasteiger partial charge in [-0.05, 0) is 43.0 Å². The van der Waals surface area contributed by atoms with Crippen LogP contribution in [0.5, 0.6) is 0 Å². The molecule has 2 aliphatic heterocycles. The Kier molecular flexibility index (Phi) is 4.97. The second-order valence-corrected chi connectivity index (χ2v) is 7.13. The lowest BCUT2D eigenvalue weighted by Crippen LogP contribution is -2.54. The minimum absolute atomic E-state index is 0.157. The summed E-state index contributed by atoms with van der Waals surface area (Å²) in [5, 5.41) is 0.157. The zero-order valence-corrected chi connectivity index (χ0v) is 14.9. The number of hydrogen-bond acceptors (Lipinski definition) is 3. The summed E-state index contributed by atoms with van der Waals surface area (Å²) in [6.07, 6.45) is 6.04. The second kappa shape index (κ2) is 7.36. The number of nitrogens with zero attached hydrogens (tertiary/aromatic N) is 2. The lowest BCUT2D eigenvalue weighted by molar-refractivity contribution is 0.0106. The third kappa shape index (κ3) is 3.54. The van der Waals surface area contributed by atoms with Gasteiger partial charge in [-0.1, -0.05) is 17.7 Å². The fourth-order valence-electron chi connectivity index (χ4n) is 3.84.